The first kappa shape index (κ1) is 10.9. The molecule has 0 amide bonds. The third-order valence-corrected chi connectivity index (χ3v) is 3.95. The number of hydrogen-bond donors (Lipinski definition) is 1. The van der Waals surface area contributed by atoms with Crippen molar-refractivity contribution in [2.24, 2.45) is 17.8 Å². The second-order valence-corrected chi connectivity index (χ2v) is 4.87. The summed E-state index contributed by atoms with van der Waals surface area (Å²) in [7, 11) is 1.52. The van der Waals surface area contributed by atoms with Crippen LogP contribution in [-0.4, -0.2) is 26.2 Å². The minimum absolute atomic E-state index is 0.0217. The topological polar surface area (TPSA) is 38.3 Å². The molecule has 0 bridgehead atoms. The quantitative estimate of drug-likeness (QED) is 0.720. The lowest BCUT2D eigenvalue weighted by Crippen LogP contribution is -2.51. The standard InChI is InChI=1S/C12H21NO2/c1-15-12(14)11(10-7-13-8-10)9-5-3-2-4-6-9/h9-11,13H,2-8H2,1H3. The van der Waals surface area contributed by atoms with Crippen molar-refractivity contribution in [3.63, 3.8) is 0 Å². The Bertz CT molecular complexity index is 220. The van der Waals surface area contributed by atoms with Crippen molar-refractivity contribution in [2.75, 3.05) is 20.2 Å². The van der Waals surface area contributed by atoms with Crippen molar-refractivity contribution in [2.45, 2.75) is 32.1 Å². The fourth-order valence-corrected chi connectivity index (χ4v) is 2.96. The molecule has 1 heterocycles. The van der Waals surface area contributed by atoms with Crippen LogP contribution in [0.5, 0.6) is 0 Å². The minimum atomic E-state index is 0.0217. The summed E-state index contributed by atoms with van der Waals surface area (Å²) < 4.78 is 4.96. The Kier molecular flexibility index (Phi) is 3.62. The highest BCUT2D eigenvalue weighted by Crippen LogP contribution is 2.36. The molecule has 1 saturated carbocycles. The van der Waals surface area contributed by atoms with Crippen molar-refractivity contribution in [3.8, 4) is 0 Å². The van der Waals surface area contributed by atoms with E-state index in [4.69, 9.17) is 4.74 Å². The largest absolute Gasteiger partial charge is 0.469 e. The van der Waals surface area contributed by atoms with Crippen LogP contribution >= 0.6 is 0 Å². The lowest BCUT2D eigenvalue weighted by atomic mass is 9.72. The molecular formula is C12H21NO2. The molecule has 0 aromatic heterocycles. The molecule has 2 aliphatic rings. The Morgan fingerprint density at radius 1 is 1.20 bits per heavy atom. The van der Waals surface area contributed by atoms with E-state index in [-0.39, 0.29) is 11.9 Å². The number of methoxy groups -OCH3 is 1. The van der Waals surface area contributed by atoms with Gasteiger partial charge in [0.1, 0.15) is 0 Å². The summed E-state index contributed by atoms with van der Waals surface area (Å²) in [5.74, 6) is 1.30. The van der Waals surface area contributed by atoms with Gasteiger partial charge in [0.2, 0.25) is 0 Å². The van der Waals surface area contributed by atoms with Gasteiger partial charge in [-0.25, -0.2) is 0 Å². The lowest BCUT2D eigenvalue weighted by molar-refractivity contribution is -0.151. The van der Waals surface area contributed by atoms with Gasteiger partial charge in [-0.3, -0.25) is 4.79 Å². The van der Waals surface area contributed by atoms with Crippen LogP contribution in [0.1, 0.15) is 32.1 Å². The van der Waals surface area contributed by atoms with Crippen LogP contribution in [0.3, 0.4) is 0 Å². The zero-order valence-corrected chi connectivity index (χ0v) is 9.50. The molecule has 0 aromatic carbocycles. The summed E-state index contributed by atoms with van der Waals surface area (Å²) in [5, 5.41) is 3.25. The molecule has 86 valence electrons. The summed E-state index contributed by atoms with van der Waals surface area (Å²) in [6, 6.07) is 0. The van der Waals surface area contributed by atoms with E-state index in [0.717, 1.165) is 13.1 Å². The van der Waals surface area contributed by atoms with Crippen LogP contribution in [0.2, 0.25) is 0 Å². The van der Waals surface area contributed by atoms with E-state index in [1.165, 1.54) is 39.2 Å². The molecule has 1 unspecified atom stereocenters. The number of rotatable bonds is 3. The average molecular weight is 211 g/mol. The Morgan fingerprint density at radius 2 is 1.87 bits per heavy atom. The zero-order chi connectivity index (χ0) is 10.7. The van der Waals surface area contributed by atoms with Crippen LogP contribution in [0.25, 0.3) is 0 Å². The van der Waals surface area contributed by atoms with Crippen molar-refractivity contribution in [3.05, 3.63) is 0 Å². The molecule has 3 nitrogen and oxygen atoms in total. The summed E-state index contributed by atoms with van der Waals surface area (Å²) >= 11 is 0. The number of esters is 1. The van der Waals surface area contributed by atoms with Gasteiger partial charge in [-0.1, -0.05) is 19.3 Å². The predicted molar refractivity (Wildman–Crippen MR) is 58.4 cm³/mol. The molecule has 1 atom stereocenters. The van der Waals surface area contributed by atoms with E-state index in [1.54, 1.807) is 0 Å². The number of carbonyl (C=O) groups excluding carboxylic acids is 1. The third kappa shape index (κ3) is 2.33. The van der Waals surface area contributed by atoms with E-state index >= 15 is 0 Å². The molecular weight excluding hydrogens is 190 g/mol. The van der Waals surface area contributed by atoms with Crippen molar-refractivity contribution >= 4 is 5.97 Å². The van der Waals surface area contributed by atoms with Crippen LogP contribution < -0.4 is 5.32 Å². The summed E-state index contributed by atoms with van der Waals surface area (Å²) in [6.45, 7) is 1.99. The number of nitrogens with one attached hydrogen (secondary N) is 1. The normalized spacial score (nSPS) is 25.7. The first-order valence-electron chi connectivity index (χ1n) is 6.11. The molecule has 3 heteroatoms. The second-order valence-electron chi connectivity index (χ2n) is 4.87. The molecule has 1 aliphatic heterocycles. The maximum Gasteiger partial charge on any atom is 0.309 e. The Balaban J connectivity index is 1.99. The lowest BCUT2D eigenvalue weighted by Gasteiger charge is -2.38. The van der Waals surface area contributed by atoms with Crippen LogP contribution in [-0.2, 0) is 9.53 Å². The fraction of sp³-hybridized carbons (Fsp3) is 0.917. The third-order valence-electron chi connectivity index (χ3n) is 3.95. The van der Waals surface area contributed by atoms with E-state index in [1.807, 2.05) is 0 Å². The molecule has 2 fully saturated rings. The molecule has 2 rings (SSSR count). The summed E-state index contributed by atoms with van der Waals surface area (Å²) in [6.07, 6.45) is 6.36. The summed E-state index contributed by atoms with van der Waals surface area (Å²) in [4.78, 5) is 11.8. The molecule has 0 radical (unpaired) electrons. The van der Waals surface area contributed by atoms with Crippen LogP contribution in [0.4, 0.5) is 0 Å². The highest BCUT2D eigenvalue weighted by molar-refractivity contribution is 5.73. The second kappa shape index (κ2) is 4.97. The van der Waals surface area contributed by atoms with Crippen molar-refractivity contribution in [1.82, 2.24) is 5.32 Å². The summed E-state index contributed by atoms with van der Waals surface area (Å²) in [5.41, 5.74) is 0. The Hall–Kier alpha value is -0.570. The van der Waals surface area contributed by atoms with Gasteiger partial charge in [0.25, 0.3) is 0 Å². The van der Waals surface area contributed by atoms with Gasteiger partial charge in [-0.2, -0.15) is 0 Å². The van der Waals surface area contributed by atoms with Crippen LogP contribution in [0, 0.1) is 17.8 Å². The van der Waals surface area contributed by atoms with Crippen molar-refractivity contribution in [1.29, 1.82) is 0 Å². The van der Waals surface area contributed by atoms with Gasteiger partial charge in [-0.05, 0) is 24.7 Å². The van der Waals surface area contributed by atoms with Gasteiger partial charge in [0, 0.05) is 13.1 Å². The monoisotopic (exact) mass is 211 g/mol. The molecule has 0 spiro atoms. The maximum atomic E-state index is 11.8. The van der Waals surface area contributed by atoms with Gasteiger partial charge in [0.05, 0.1) is 13.0 Å². The maximum absolute atomic E-state index is 11.8. The van der Waals surface area contributed by atoms with Crippen LogP contribution in [0.15, 0.2) is 0 Å². The van der Waals surface area contributed by atoms with E-state index in [0.29, 0.717) is 11.8 Å². The predicted octanol–water partition coefficient (Wildman–Crippen LogP) is 1.58. The number of ether oxygens (including phenoxy) is 1. The first-order valence-corrected chi connectivity index (χ1v) is 6.11. The Labute approximate surface area is 91.6 Å². The Morgan fingerprint density at radius 3 is 2.33 bits per heavy atom. The molecule has 0 aromatic rings. The first-order chi connectivity index (χ1) is 7.33. The highest BCUT2D eigenvalue weighted by atomic mass is 16.5. The smallest absolute Gasteiger partial charge is 0.309 e. The van der Waals surface area contributed by atoms with E-state index < -0.39 is 0 Å². The van der Waals surface area contributed by atoms with Crippen molar-refractivity contribution < 1.29 is 9.53 Å². The SMILES string of the molecule is COC(=O)C(C1CCCCC1)C1CNC1. The molecule has 1 N–H and O–H groups in total. The number of carbonyl (C=O) groups is 1. The minimum Gasteiger partial charge on any atom is -0.469 e. The number of hydrogen-bond acceptors (Lipinski definition) is 3. The molecule has 1 saturated heterocycles. The zero-order valence-electron chi connectivity index (χ0n) is 9.50. The van der Waals surface area contributed by atoms with Gasteiger partial charge < -0.3 is 10.1 Å². The highest BCUT2D eigenvalue weighted by Gasteiger charge is 2.39. The average Bonchev–Trinajstić information content (AvgIpc) is 2.23. The van der Waals surface area contributed by atoms with Gasteiger partial charge >= 0.3 is 5.97 Å². The fourth-order valence-electron chi connectivity index (χ4n) is 2.96. The van der Waals surface area contributed by atoms with Gasteiger partial charge in [-0.15, -0.1) is 0 Å². The van der Waals surface area contributed by atoms with E-state index in [2.05, 4.69) is 5.32 Å². The van der Waals surface area contributed by atoms with Gasteiger partial charge in [0.15, 0.2) is 0 Å². The molecule has 1 aliphatic carbocycles. The molecule has 15 heavy (non-hydrogen) atoms. The van der Waals surface area contributed by atoms with E-state index in [9.17, 15) is 4.79 Å².